The minimum atomic E-state index is -0.569. The Balaban J connectivity index is 2.16. The number of carbonyl (C=O) groups excluding carboxylic acids is 3. The fourth-order valence-corrected chi connectivity index (χ4v) is 3.42. The monoisotopic (exact) mass is 415 g/mol. The highest BCUT2D eigenvalue weighted by molar-refractivity contribution is 6.04. The first-order chi connectivity index (χ1) is 14.2. The summed E-state index contributed by atoms with van der Waals surface area (Å²) in [5.41, 5.74) is 2.41. The first kappa shape index (κ1) is 23.2. The summed E-state index contributed by atoms with van der Waals surface area (Å²) >= 11 is 0. The molecule has 0 radical (unpaired) electrons. The molecule has 0 aliphatic heterocycles. The van der Waals surface area contributed by atoms with Gasteiger partial charge in [-0.3, -0.25) is 14.5 Å². The van der Waals surface area contributed by atoms with Crippen LogP contribution in [0.5, 0.6) is 5.75 Å². The van der Waals surface area contributed by atoms with Crippen LogP contribution in [0, 0.1) is 13.8 Å². The average molecular weight is 415 g/mol. The molecule has 8 heteroatoms. The number of hydrogen-bond donors (Lipinski definition) is 2. The third kappa shape index (κ3) is 4.88. The van der Waals surface area contributed by atoms with Gasteiger partial charge in [0.05, 0.1) is 43.8 Å². The highest BCUT2D eigenvalue weighted by Gasteiger charge is 2.29. The van der Waals surface area contributed by atoms with Gasteiger partial charge in [0.25, 0.3) is 0 Å². The van der Waals surface area contributed by atoms with Crippen LogP contribution in [0.4, 0.5) is 5.69 Å². The summed E-state index contributed by atoms with van der Waals surface area (Å²) in [6, 6.07) is 6.56. The van der Waals surface area contributed by atoms with Crippen LogP contribution >= 0.6 is 0 Å². The van der Waals surface area contributed by atoms with Crippen molar-refractivity contribution >= 4 is 23.3 Å². The van der Waals surface area contributed by atoms with E-state index in [1.807, 2.05) is 13.0 Å². The highest BCUT2D eigenvalue weighted by atomic mass is 16.5. The van der Waals surface area contributed by atoms with Gasteiger partial charge in [0, 0.05) is 5.69 Å². The van der Waals surface area contributed by atoms with Crippen LogP contribution in [-0.2, 0) is 9.53 Å². The number of aromatic amines is 1. The molecule has 1 amide bonds. The van der Waals surface area contributed by atoms with E-state index in [1.165, 1.54) is 14.2 Å². The standard InChI is InChI=1S/C22H29N3O5/c1-7-25(12-18(26)24-16-10-8-9-11-17(16)29-5)15(4)21(27)20-13(2)19(14(3)23-20)22(28)30-6/h8-11,15,23H,7,12H2,1-6H3,(H,24,26)/t15-/m1/s1. The zero-order chi connectivity index (χ0) is 22.4. The van der Waals surface area contributed by atoms with Crippen molar-refractivity contribution in [3.63, 3.8) is 0 Å². The van der Waals surface area contributed by atoms with Crippen molar-refractivity contribution in [2.75, 3.05) is 32.6 Å². The minimum absolute atomic E-state index is 0.0318. The van der Waals surface area contributed by atoms with Gasteiger partial charge in [0.15, 0.2) is 5.78 Å². The number of aryl methyl sites for hydroxylation is 1. The molecule has 8 nitrogen and oxygen atoms in total. The molecule has 2 aromatic rings. The van der Waals surface area contributed by atoms with Gasteiger partial charge in [-0.05, 0) is 45.0 Å². The summed E-state index contributed by atoms with van der Waals surface area (Å²) in [5.74, 6) is -0.379. The summed E-state index contributed by atoms with van der Waals surface area (Å²) in [6.45, 7) is 7.58. The molecule has 0 bridgehead atoms. The van der Waals surface area contributed by atoms with Gasteiger partial charge < -0.3 is 19.8 Å². The van der Waals surface area contributed by atoms with E-state index in [4.69, 9.17) is 9.47 Å². The van der Waals surface area contributed by atoms with Crippen molar-refractivity contribution in [2.24, 2.45) is 0 Å². The van der Waals surface area contributed by atoms with Gasteiger partial charge in [0.2, 0.25) is 5.91 Å². The smallest absolute Gasteiger partial charge is 0.339 e. The summed E-state index contributed by atoms with van der Waals surface area (Å²) in [4.78, 5) is 42.4. The van der Waals surface area contributed by atoms with Crippen LogP contribution in [0.2, 0.25) is 0 Å². The van der Waals surface area contributed by atoms with Gasteiger partial charge in [0.1, 0.15) is 5.75 Å². The number of likely N-dealkylation sites (N-methyl/N-ethyl adjacent to an activating group) is 1. The van der Waals surface area contributed by atoms with Crippen molar-refractivity contribution in [1.29, 1.82) is 0 Å². The Kier molecular flexibility index (Phi) is 7.77. The molecular formula is C22H29N3O5. The zero-order valence-electron chi connectivity index (χ0n) is 18.3. The Morgan fingerprint density at radius 3 is 2.43 bits per heavy atom. The number of ether oxygens (including phenoxy) is 2. The van der Waals surface area contributed by atoms with Crippen LogP contribution < -0.4 is 10.1 Å². The van der Waals surface area contributed by atoms with E-state index in [0.717, 1.165) is 0 Å². The molecule has 0 aliphatic rings. The Morgan fingerprint density at radius 1 is 1.17 bits per heavy atom. The molecule has 0 saturated heterocycles. The molecule has 0 fully saturated rings. The predicted molar refractivity (Wildman–Crippen MR) is 114 cm³/mol. The lowest BCUT2D eigenvalue weighted by Gasteiger charge is -2.26. The van der Waals surface area contributed by atoms with Crippen LogP contribution in [-0.4, -0.2) is 60.9 Å². The second-order valence-corrected chi connectivity index (χ2v) is 6.97. The lowest BCUT2D eigenvalue weighted by molar-refractivity contribution is -0.117. The number of para-hydroxylation sites is 2. The van der Waals surface area contributed by atoms with E-state index < -0.39 is 12.0 Å². The third-order valence-corrected chi connectivity index (χ3v) is 5.13. The molecule has 1 aromatic heterocycles. The van der Waals surface area contributed by atoms with E-state index in [0.29, 0.717) is 40.5 Å². The average Bonchev–Trinajstić information content (AvgIpc) is 3.04. The number of anilines is 1. The van der Waals surface area contributed by atoms with Crippen molar-refractivity contribution in [1.82, 2.24) is 9.88 Å². The Bertz CT molecular complexity index is 935. The number of hydrogen-bond acceptors (Lipinski definition) is 6. The number of ketones is 1. The Morgan fingerprint density at radius 2 is 1.83 bits per heavy atom. The summed E-state index contributed by atoms with van der Waals surface area (Å²) in [5, 5.41) is 2.82. The second kappa shape index (κ2) is 10.1. The molecule has 1 heterocycles. The quantitative estimate of drug-likeness (QED) is 0.482. The number of esters is 1. The molecule has 0 unspecified atom stereocenters. The van der Waals surface area contributed by atoms with Gasteiger partial charge in [-0.25, -0.2) is 4.79 Å². The molecule has 1 aromatic carbocycles. The van der Waals surface area contributed by atoms with Gasteiger partial charge >= 0.3 is 5.97 Å². The number of aromatic nitrogens is 1. The number of rotatable bonds is 9. The number of carbonyl (C=O) groups is 3. The topological polar surface area (TPSA) is 101 Å². The Labute approximate surface area is 176 Å². The first-order valence-corrected chi connectivity index (χ1v) is 9.73. The van der Waals surface area contributed by atoms with E-state index in [9.17, 15) is 14.4 Å². The number of methoxy groups -OCH3 is 2. The molecule has 0 aliphatic carbocycles. The third-order valence-electron chi connectivity index (χ3n) is 5.13. The maximum atomic E-state index is 13.1. The SMILES string of the molecule is CCN(CC(=O)Nc1ccccc1OC)[C@H](C)C(=O)c1[nH]c(C)c(C(=O)OC)c1C. The molecule has 1 atom stereocenters. The van der Waals surface area contributed by atoms with Crippen LogP contribution in [0.1, 0.15) is 46.0 Å². The molecule has 30 heavy (non-hydrogen) atoms. The molecule has 2 rings (SSSR count). The summed E-state index contributed by atoms with van der Waals surface area (Å²) < 4.78 is 10.1. The first-order valence-electron chi connectivity index (χ1n) is 9.73. The van der Waals surface area contributed by atoms with Crippen LogP contribution in [0.25, 0.3) is 0 Å². The number of H-pyrrole nitrogens is 1. The summed E-state index contributed by atoms with van der Waals surface area (Å²) in [7, 11) is 2.84. The van der Waals surface area contributed by atoms with E-state index in [1.54, 1.807) is 43.9 Å². The minimum Gasteiger partial charge on any atom is -0.495 e. The molecule has 162 valence electrons. The number of amides is 1. The largest absolute Gasteiger partial charge is 0.495 e. The Hall–Kier alpha value is -3.13. The van der Waals surface area contributed by atoms with E-state index >= 15 is 0 Å². The molecule has 0 spiro atoms. The van der Waals surface area contributed by atoms with Crippen molar-refractivity contribution < 1.29 is 23.9 Å². The second-order valence-electron chi connectivity index (χ2n) is 6.97. The molecular weight excluding hydrogens is 386 g/mol. The maximum Gasteiger partial charge on any atom is 0.339 e. The van der Waals surface area contributed by atoms with E-state index in [2.05, 4.69) is 10.3 Å². The summed E-state index contributed by atoms with van der Waals surface area (Å²) in [6.07, 6.45) is 0. The van der Waals surface area contributed by atoms with Crippen molar-refractivity contribution in [3.8, 4) is 5.75 Å². The maximum absolute atomic E-state index is 13.1. The number of benzene rings is 1. The number of nitrogens with one attached hydrogen (secondary N) is 2. The van der Waals surface area contributed by atoms with Gasteiger partial charge in [-0.1, -0.05) is 19.1 Å². The lowest BCUT2D eigenvalue weighted by atomic mass is 10.0. The van der Waals surface area contributed by atoms with Crippen LogP contribution in [0.3, 0.4) is 0 Å². The molecule has 2 N–H and O–H groups in total. The fourth-order valence-electron chi connectivity index (χ4n) is 3.42. The zero-order valence-corrected chi connectivity index (χ0v) is 18.3. The number of Topliss-reactive ketones (excluding diaryl/α,β-unsaturated/α-hetero) is 1. The normalized spacial score (nSPS) is 11.8. The lowest BCUT2D eigenvalue weighted by Crippen LogP contribution is -2.43. The fraction of sp³-hybridized carbons (Fsp3) is 0.409. The van der Waals surface area contributed by atoms with Gasteiger partial charge in [-0.2, -0.15) is 0 Å². The van der Waals surface area contributed by atoms with Crippen LogP contribution in [0.15, 0.2) is 24.3 Å². The van der Waals surface area contributed by atoms with Gasteiger partial charge in [-0.15, -0.1) is 0 Å². The molecule has 0 saturated carbocycles. The highest BCUT2D eigenvalue weighted by Crippen LogP contribution is 2.24. The number of nitrogens with zero attached hydrogens (tertiary/aromatic N) is 1. The van der Waals surface area contributed by atoms with Crippen molar-refractivity contribution in [2.45, 2.75) is 33.7 Å². The van der Waals surface area contributed by atoms with Crippen molar-refractivity contribution in [3.05, 3.63) is 46.8 Å². The predicted octanol–water partition coefficient (Wildman–Crippen LogP) is 2.96. The van der Waals surface area contributed by atoms with E-state index in [-0.39, 0.29) is 18.2 Å².